The highest BCUT2D eigenvalue weighted by Gasteiger charge is 2.37. The van der Waals surface area contributed by atoms with Gasteiger partial charge in [-0.25, -0.2) is 5.01 Å². The number of benzene rings is 1. The Kier molecular flexibility index (Phi) is 3.67. The second kappa shape index (κ2) is 5.24. The van der Waals surface area contributed by atoms with E-state index in [1.807, 2.05) is 25.2 Å². The van der Waals surface area contributed by atoms with Gasteiger partial charge in [0, 0.05) is 25.9 Å². The van der Waals surface area contributed by atoms with Crippen LogP contribution in [0, 0.1) is 6.92 Å². The van der Waals surface area contributed by atoms with E-state index < -0.39 is 0 Å². The second-order valence-corrected chi connectivity index (χ2v) is 4.75. The highest BCUT2D eigenvalue weighted by molar-refractivity contribution is 5.84. The summed E-state index contributed by atoms with van der Waals surface area (Å²) >= 11 is 0. The van der Waals surface area contributed by atoms with Gasteiger partial charge in [0.1, 0.15) is 0 Å². The molecule has 1 aliphatic heterocycles. The first kappa shape index (κ1) is 13.3. The number of nitrogens with zero attached hydrogens (tertiary/aromatic N) is 3. The van der Waals surface area contributed by atoms with Crippen LogP contribution in [0.4, 0.5) is 0 Å². The van der Waals surface area contributed by atoms with Crippen molar-refractivity contribution in [1.29, 1.82) is 0 Å². The van der Waals surface area contributed by atoms with Crippen LogP contribution in [0.3, 0.4) is 0 Å². The summed E-state index contributed by atoms with van der Waals surface area (Å²) in [6.07, 6.45) is 3.54. The molecule has 1 heterocycles. The lowest BCUT2D eigenvalue weighted by molar-refractivity contribution is 0.191. The molecular formula is C16H19N3. The maximum absolute atomic E-state index is 4.08. The van der Waals surface area contributed by atoms with E-state index in [0.29, 0.717) is 0 Å². The topological polar surface area (TPSA) is 18.6 Å². The lowest BCUT2D eigenvalue weighted by atomic mass is 10.1. The third-order valence-corrected chi connectivity index (χ3v) is 2.97. The Balaban J connectivity index is 2.34. The van der Waals surface area contributed by atoms with Gasteiger partial charge in [0.25, 0.3) is 0 Å². The lowest BCUT2D eigenvalue weighted by Crippen LogP contribution is -2.21. The minimum Gasteiger partial charge on any atom is -0.272 e. The fourth-order valence-electron chi connectivity index (χ4n) is 2.12. The molecule has 1 aromatic rings. The molecule has 1 aliphatic rings. The van der Waals surface area contributed by atoms with E-state index in [2.05, 4.69) is 54.5 Å². The van der Waals surface area contributed by atoms with E-state index >= 15 is 0 Å². The second-order valence-electron chi connectivity index (χ2n) is 4.75. The maximum atomic E-state index is 4.08. The summed E-state index contributed by atoms with van der Waals surface area (Å²) in [4.78, 5) is 3.72. The van der Waals surface area contributed by atoms with Crippen molar-refractivity contribution < 1.29 is 0 Å². The van der Waals surface area contributed by atoms with Crippen molar-refractivity contribution in [2.75, 3.05) is 14.1 Å². The lowest BCUT2D eigenvalue weighted by Gasteiger charge is -2.16. The number of rotatable bonds is 5. The van der Waals surface area contributed by atoms with Crippen LogP contribution >= 0.6 is 0 Å². The molecule has 3 heteroatoms. The fourth-order valence-corrected chi connectivity index (χ4v) is 2.12. The van der Waals surface area contributed by atoms with Gasteiger partial charge < -0.3 is 0 Å². The van der Waals surface area contributed by atoms with Crippen molar-refractivity contribution in [1.82, 2.24) is 10.0 Å². The van der Waals surface area contributed by atoms with Crippen molar-refractivity contribution in [3.63, 3.8) is 0 Å². The van der Waals surface area contributed by atoms with Gasteiger partial charge in [-0.1, -0.05) is 30.3 Å². The maximum Gasteiger partial charge on any atom is 0.0911 e. The molecule has 1 aromatic carbocycles. The Labute approximate surface area is 114 Å². The van der Waals surface area contributed by atoms with Crippen LogP contribution in [0.2, 0.25) is 0 Å². The molecule has 0 aromatic heterocycles. The summed E-state index contributed by atoms with van der Waals surface area (Å²) in [6, 6.07) is 8.48. The minimum absolute atomic E-state index is 0.942. The first-order valence-electron chi connectivity index (χ1n) is 6.16. The zero-order chi connectivity index (χ0) is 14.0. The zero-order valence-corrected chi connectivity index (χ0v) is 11.7. The molecule has 0 atom stereocenters. The largest absolute Gasteiger partial charge is 0.272 e. The number of aliphatic imine (C=N–C) groups is 1. The molecule has 3 nitrogen and oxygen atoms in total. The molecule has 0 aliphatic carbocycles. The Hall–Kier alpha value is -2.13. The minimum atomic E-state index is 0.942. The molecule has 2 rings (SSSR count). The molecule has 0 bridgehead atoms. The van der Waals surface area contributed by atoms with E-state index in [9.17, 15) is 0 Å². The van der Waals surface area contributed by atoms with Crippen LogP contribution in [0.5, 0.6) is 0 Å². The van der Waals surface area contributed by atoms with Gasteiger partial charge in [0.15, 0.2) is 0 Å². The van der Waals surface area contributed by atoms with Crippen LogP contribution in [-0.4, -0.2) is 30.8 Å². The average Bonchev–Trinajstić information content (AvgIpc) is 3.11. The van der Waals surface area contributed by atoms with Crippen LogP contribution in [0.15, 0.2) is 59.4 Å². The molecule has 98 valence electrons. The van der Waals surface area contributed by atoms with E-state index in [-0.39, 0.29) is 0 Å². The highest BCUT2D eigenvalue weighted by Crippen LogP contribution is 2.45. The predicted molar refractivity (Wildman–Crippen MR) is 81.5 cm³/mol. The number of hydrazine groups is 1. The molecule has 0 radical (unpaired) electrons. The van der Waals surface area contributed by atoms with Crippen molar-refractivity contribution in [3.05, 3.63) is 65.5 Å². The third kappa shape index (κ3) is 2.66. The highest BCUT2D eigenvalue weighted by atomic mass is 15.7. The number of hydrogen-bond donors (Lipinski definition) is 0. The van der Waals surface area contributed by atoms with E-state index in [1.54, 1.807) is 6.20 Å². The molecule has 0 saturated carbocycles. The smallest absolute Gasteiger partial charge is 0.0911 e. The van der Waals surface area contributed by atoms with Crippen molar-refractivity contribution in [3.8, 4) is 0 Å². The predicted octanol–water partition coefficient (Wildman–Crippen LogP) is 3.23. The van der Waals surface area contributed by atoms with Crippen LogP contribution in [0.1, 0.15) is 11.1 Å². The quantitative estimate of drug-likeness (QED) is 0.592. The first-order valence-corrected chi connectivity index (χ1v) is 6.16. The van der Waals surface area contributed by atoms with Gasteiger partial charge in [-0.05, 0) is 31.4 Å². The molecule has 0 spiro atoms. The first-order chi connectivity index (χ1) is 9.06. The molecule has 19 heavy (non-hydrogen) atoms. The summed E-state index contributed by atoms with van der Waals surface area (Å²) in [5.74, 6) is 0. The van der Waals surface area contributed by atoms with Crippen LogP contribution < -0.4 is 0 Å². The Morgan fingerprint density at radius 3 is 2.68 bits per heavy atom. The number of hydrogen-bond acceptors (Lipinski definition) is 3. The van der Waals surface area contributed by atoms with Gasteiger partial charge >= 0.3 is 0 Å². The van der Waals surface area contributed by atoms with Crippen LogP contribution in [-0.2, 0) is 0 Å². The van der Waals surface area contributed by atoms with Gasteiger partial charge in [-0.3, -0.25) is 10.0 Å². The van der Waals surface area contributed by atoms with Crippen molar-refractivity contribution in [2.45, 2.75) is 6.92 Å². The summed E-state index contributed by atoms with van der Waals surface area (Å²) in [5, 5.41) is 4.19. The summed E-state index contributed by atoms with van der Waals surface area (Å²) < 4.78 is 0. The summed E-state index contributed by atoms with van der Waals surface area (Å²) in [7, 11) is 4.04. The van der Waals surface area contributed by atoms with Gasteiger partial charge in [-0.2, -0.15) is 0 Å². The van der Waals surface area contributed by atoms with E-state index in [1.165, 1.54) is 16.8 Å². The normalized spacial score (nSPS) is 14.4. The van der Waals surface area contributed by atoms with Crippen molar-refractivity contribution in [2.24, 2.45) is 4.99 Å². The monoisotopic (exact) mass is 253 g/mol. The third-order valence-electron chi connectivity index (χ3n) is 2.97. The average molecular weight is 253 g/mol. The Morgan fingerprint density at radius 1 is 1.37 bits per heavy atom. The van der Waals surface area contributed by atoms with Crippen molar-refractivity contribution >= 4 is 12.4 Å². The molecule has 0 fully saturated rings. The SMILES string of the molecule is C=N/C=C\C(=C)C1=C(c2cccc(C)c2)N1N(C)C. The summed E-state index contributed by atoms with van der Waals surface area (Å²) in [5.41, 5.74) is 5.74. The zero-order valence-electron chi connectivity index (χ0n) is 11.7. The van der Waals surface area contributed by atoms with E-state index in [0.717, 1.165) is 11.3 Å². The summed E-state index contributed by atoms with van der Waals surface area (Å²) in [6.45, 7) is 9.62. The molecule has 0 amide bonds. The Bertz CT molecular complexity index is 579. The molecular weight excluding hydrogens is 234 g/mol. The van der Waals surface area contributed by atoms with Gasteiger partial charge in [0.2, 0.25) is 0 Å². The molecule has 0 saturated heterocycles. The van der Waals surface area contributed by atoms with Gasteiger partial charge in [-0.15, -0.1) is 0 Å². The standard InChI is InChI=1S/C16H19N3/c1-12-7-6-8-14(11-12)16-15(19(16)18(4)5)13(2)9-10-17-3/h6-11H,2-3H2,1,4-5H3/b10-9-. The number of allylic oxidation sites excluding steroid dienone is 1. The molecule has 0 N–H and O–H groups in total. The van der Waals surface area contributed by atoms with Gasteiger partial charge in [0.05, 0.1) is 11.4 Å². The fraction of sp³-hybridized carbons (Fsp3) is 0.188. The number of aryl methyl sites for hydroxylation is 1. The van der Waals surface area contributed by atoms with Crippen LogP contribution in [0.25, 0.3) is 5.70 Å². The molecule has 0 unspecified atom stereocenters. The Morgan fingerprint density at radius 2 is 2.11 bits per heavy atom. The van der Waals surface area contributed by atoms with E-state index in [4.69, 9.17) is 0 Å².